The summed E-state index contributed by atoms with van der Waals surface area (Å²) in [4.78, 5) is 34.0. The second-order valence-corrected chi connectivity index (χ2v) is 6.40. The van der Waals surface area contributed by atoms with Crippen LogP contribution in [0.2, 0.25) is 0 Å². The second-order valence-electron chi connectivity index (χ2n) is 6.40. The van der Waals surface area contributed by atoms with Crippen LogP contribution >= 0.6 is 0 Å². The van der Waals surface area contributed by atoms with E-state index < -0.39 is 0 Å². The quantitative estimate of drug-likeness (QED) is 0.361. The number of amides is 1. The van der Waals surface area contributed by atoms with Crippen molar-refractivity contribution in [2.45, 2.75) is 12.8 Å². The van der Waals surface area contributed by atoms with Gasteiger partial charge in [0.25, 0.3) is 5.91 Å². The maximum atomic E-state index is 12.6. The maximum Gasteiger partial charge on any atom is 0.330 e. The fourth-order valence-corrected chi connectivity index (χ4v) is 2.94. The first-order valence-electron chi connectivity index (χ1n) is 8.81. The summed E-state index contributed by atoms with van der Waals surface area (Å²) in [7, 11) is 1.34. The number of benzene rings is 1. The topological polar surface area (TPSA) is 122 Å². The third kappa shape index (κ3) is 4.40. The molecular formula is C20H21N5O3. The molecule has 1 aliphatic rings. The van der Waals surface area contributed by atoms with E-state index in [-0.39, 0.29) is 23.5 Å². The number of esters is 1. The summed E-state index contributed by atoms with van der Waals surface area (Å²) in [5.74, 6) is -0.444. The van der Waals surface area contributed by atoms with Gasteiger partial charge < -0.3 is 15.4 Å². The van der Waals surface area contributed by atoms with Crippen molar-refractivity contribution in [2.24, 2.45) is 5.73 Å². The van der Waals surface area contributed by atoms with Crippen LogP contribution < -0.4 is 5.73 Å². The molecule has 1 fully saturated rings. The molecule has 1 amide bonds. The molecule has 1 aromatic carbocycles. The highest BCUT2D eigenvalue weighted by Gasteiger charge is 2.22. The SMILES string of the molecule is COC(=O)C=C1CCN(C(=O)c2ncc(-c3ccc(C(=N)N)cc3)cn2)CC1. The van der Waals surface area contributed by atoms with E-state index in [1.54, 1.807) is 29.4 Å². The number of nitrogens with one attached hydrogen (secondary N) is 1. The standard InChI is InChI=1S/C20H21N5O3/c1-28-17(26)10-13-6-8-25(9-7-13)20(27)19-23-11-16(12-24-19)14-2-4-15(5-3-14)18(21)22/h2-5,10-12H,6-9H2,1H3,(H3,21,22). The molecule has 0 spiro atoms. The molecule has 1 aliphatic heterocycles. The predicted octanol–water partition coefficient (Wildman–Crippen LogP) is 1.76. The van der Waals surface area contributed by atoms with Gasteiger partial charge in [-0.2, -0.15) is 0 Å². The number of methoxy groups -OCH3 is 1. The van der Waals surface area contributed by atoms with Crippen LogP contribution in [-0.4, -0.2) is 52.8 Å². The zero-order chi connectivity index (χ0) is 20.1. The van der Waals surface area contributed by atoms with Gasteiger partial charge in [-0.3, -0.25) is 10.2 Å². The van der Waals surface area contributed by atoms with Gasteiger partial charge in [-0.15, -0.1) is 0 Å². The van der Waals surface area contributed by atoms with Crippen molar-refractivity contribution in [1.29, 1.82) is 5.41 Å². The zero-order valence-electron chi connectivity index (χ0n) is 15.5. The molecule has 0 saturated carbocycles. The zero-order valence-corrected chi connectivity index (χ0v) is 15.5. The first-order valence-corrected chi connectivity index (χ1v) is 8.81. The fourth-order valence-electron chi connectivity index (χ4n) is 2.94. The molecule has 0 radical (unpaired) electrons. The molecule has 0 aliphatic carbocycles. The lowest BCUT2D eigenvalue weighted by atomic mass is 10.0. The molecule has 2 aromatic rings. The van der Waals surface area contributed by atoms with E-state index in [1.165, 1.54) is 13.2 Å². The van der Waals surface area contributed by atoms with Gasteiger partial charge in [0, 0.05) is 42.7 Å². The number of hydrogen-bond acceptors (Lipinski definition) is 6. The molecule has 0 atom stereocenters. The number of aromatic nitrogens is 2. The van der Waals surface area contributed by atoms with Crippen molar-refractivity contribution in [3.63, 3.8) is 0 Å². The molecule has 8 heteroatoms. The van der Waals surface area contributed by atoms with Gasteiger partial charge in [-0.05, 0) is 18.4 Å². The van der Waals surface area contributed by atoms with Gasteiger partial charge in [0.15, 0.2) is 0 Å². The summed E-state index contributed by atoms with van der Waals surface area (Å²) in [6, 6.07) is 7.17. The van der Waals surface area contributed by atoms with Crippen molar-refractivity contribution in [1.82, 2.24) is 14.9 Å². The fraction of sp³-hybridized carbons (Fsp3) is 0.250. The number of ether oxygens (including phenoxy) is 1. The third-order valence-corrected chi connectivity index (χ3v) is 4.59. The molecule has 8 nitrogen and oxygen atoms in total. The minimum atomic E-state index is -0.370. The molecule has 28 heavy (non-hydrogen) atoms. The van der Waals surface area contributed by atoms with Crippen molar-refractivity contribution >= 4 is 17.7 Å². The summed E-state index contributed by atoms with van der Waals surface area (Å²) >= 11 is 0. The molecule has 144 valence electrons. The molecule has 2 heterocycles. The van der Waals surface area contributed by atoms with Crippen LogP contribution in [-0.2, 0) is 9.53 Å². The Balaban J connectivity index is 1.65. The number of nitrogen functional groups attached to an aromatic ring is 1. The minimum absolute atomic E-state index is 0.00913. The van der Waals surface area contributed by atoms with Crippen LogP contribution in [0.3, 0.4) is 0 Å². The van der Waals surface area contributed by atoms with Crippen LogP contribution in [0.1, 0.15) is 29.0 Å². The highest BCUT2D eigenvalue weighted by molar-refractivity contribution is 5.95. The summed E-state index contributed by atoms with van der Waals surface area (Å²) < 4.78 is 4.63. The monoisotopic (exact) mass is 379 g/mol. The Morgan fingerprint density at radius 1 is 1.11 bits per heavy atom. The Kier molecular flexibility index (Phi) is 5.78. The third-order valence-electron chi connectivity index (χ3n) is 4.59. The molecule has 1 aromatic heterocycles. The van der Waals surface area contributed by atoms with Crippen LogP contribution in [0.4, 0.5) is 0 Å². The van der Waals surface area contributed by atoms with Crippen molar-refractivity contribution < 1.29 is 14.3 Å². The molecule has 0 unspecified atom stereocenters. The smallest absolute Gasteiger partial charge is 0.330 e. The number of amidine groups is 1. The number of hydrogen-bond donors (Lipinski definition) is 2. The highest BCUT2D eigenvalue weighted by atomic mass is 16.5. The molecular weight excluding hydrogens is 358 g/mol. The largest absolute Gasteiger partial charge is 0.466 e. The Morgan fingerprint density at radius 2 is 1.71 bits per heavy atom. The number of nitrogens with two attached hydrogens (primary N) is 1. The van der Waals surface area contributed by atoms with E-state index in [2.05, 4.69) is 14.7 Å². The summed E-state index contributed by atoms with van der Waals surface area (Å²) in [6.07, 6.45) is 5.96. The lowest BCUT2D eigenvalue weighted by Crippen LogP contribution is -2.37. The molecule has 1 saturated heterocycles. The lowest BCUT2D eigenvalue weighted by Gasteiger charge is -2.27. The van der Waals surface area contributed by atoms with E-state index in [0.717, 1.165) is 16.7 Å². The highest BCUT2D eigenvalue weighted by Crippen LogP contribution is 2.20. The van der Waals surface area contributed by atoms with Gasteiger partial charge in [0.1, 0.15) is 5.84 Å². The molecule has 0 bridgehead atoms. The van der Waals surface area contributed by atoms with Gasteiger partial charge in [-0.25, -0.2) is 14.8 Å². The number of likely N-dealkylation sites (tertiary alicyclic amines) is 1. The average molecular weight is 379 g/mol. The Hall–Kier alpha value is -3.55. The number of carbonyl (C=O) groups is 2. The van der Waals surface area contributed by atoms with Gasteiger partial charge in [0.05, 0.1) is 7.11 Å². The van der Waals surface area contributed by atoms with Gasteiger partial charge >= 0.3 is 5.97 Å². The first-order chi connectivity index (χ1) is 13.5. The Morgan fingerprint density at radius 3 is 2.25 bits per heavy atom. The summed E-state index contributed by atoms with van der Waals surface area (Å²) in [6.45, 7) is 1.03. The van der Waals surface area contributed by atoms with Crippen molar-refractivity contribution in [3.8, 4) is 11.1 Å². The van der Waals surface area contributed by atoms with Crippen LogP contribution in [0.5, 0.6) is 0 Å². The number of rotatable bonds is 4. The van der Waals surface area contributed by atoms with E-state index in [0.29, 0.717) is 31.5 Å². The Labute approximate surface area is 162 Å². The number of nitrogens with zero attached hydrogens (tertiary/aromatic N) is 3. The van der Waals surface area contributed by atoms with Gasteiger partial charge in [-0.1, -0.05) is 29.8 Å². The van der Waals surface area contributed by atoms with Crippen molar-refractivity contribution in [3.05, 3.63) is 59.7 Å². The first kappa shape index (κ1) is 19.2. The molecule has 3 rings (SSSR count). The van der Waals surface area contributed by atoms with E-state index in [9.17, 15) is 9.59 Å². The van der Waals surface area contributed by atoms with E-state index in [1.807, 2.05) is 12.1 Å². The second kappa shape index (κ2) is 8.43. The van der Waals surface area contributed by atoms with Crippen molar-refractivity contribution in [2.75, 3.05) is 20.2 Å². The van der Waals surface area contributed by atoms with E-state index >= 15 is 0 Å². The van der Waals surface area contributed by atoms with Gasteiger partial charge in [0.2, 0.25) is 5.82 Å². The molecule has 3 N–H and O–H groups in total. The maximum absolute atomic E-state index is 12.6. The number of carbonyl (C=O) groups excluding carboxylic acids is 2. The van der Waals surface area contributed by atoms with E-state index in [4.69, 9.17) is 11.1 Å². The summed E-state index contributed by atoms with van der Waals surface area (Å²) in [5, 5.41) is 7.42. The summed E-state index contributed by atoms with van der Waals surface area (Å²) in [5.41, 5.74) is 8.72. The van der Waals surface area contributed by atoms with Crippen LogP contribution in [0, 0.1) is 5.41 Å². The minimum Gasteiger partial charge on any atom is -0.466 e. The van der Waals surface area contributed by atoms with Crippen LogP contribution in [0.25, 0.3) is 11.1 Å². The average Bonchev–Trinajstić information content (AvgIpc) is 2.74. The van der Waals surface area contributed by atoms with Crippen LogP contribution in [0.15, 0.2) is 48.3 Å². The normalized spacial score (nSPS) is 13.8. The Bertz CT molecular complexity index is 910. The number of piperidine rings is 1. The predicted molar refractivity (Wildman–Crippen MR) is 104 cm³/mol. The lowest BCUT2D eigenvalue weighted by molar-refractivity contribution is -0.134.